The highest BCUT2D eigenvalue weighted by atomic mass is 16.5. The molecule has 0 spiro atoms. The van der Waals surface area contributed by atoms with Gasteiger partial charge in [0.05, 0.1) is 12.7 Å². The van der Waals surface area contributed by atoms with E-state index in [2.05, 4.69) is 32.6 Å². The Morgan fingerprint density at radius 2 is 1.55 bits per heavy atom. The van der Waals surface area contributed by atoms with Crippen LogP contribution in [0.15, 0.2) is 24.3 Å². The number of methoxy groups -OCH3 is 1. The van der Waals surface area contributed by atoms with Gasteiger partial charge < -0.3 is 4.74 Å². The molecule has 0 unspecified atom stereocenters. The monoisotopic (exact) mass is 277 g/mol. The summed E-state index contributed by atoms with van der Waals surface area (Å²) >= 11 is 0. The maximum Gasteiger partial charge on any atom is 0.337 e. The van der Waals surface area contributed by atoms with E-state index in [0.717, 1.165) is 19.6 Å². The molecule has 0 aromatic heterocycles. The van der Waals surface area contributed by atoms with Crippen LogP contribution in [0.4, 0.5) is 0 Å². The number of benzene rings is 1. The second-order valence-corrected chi connectivity index (χ2v) is 6.17. The molecule has 112 valence electrons. The van der Waals surface area contributed by atoms with Crippen molar-refractivity contribution in [2.75, 3.05) is 20.2 Å². The fourth-order valence-corrected chi connectivity index (χ4v) is 2.36. The molecule has 1 aromatic carbocycles. The van der Waals surface area contributed by atoms with Crippen molar-refractivity contribution in [1.82, 2.24) is 4.90 Å². The Morgan fingerprint density at radius 1 is 1.05 bits per heavy atom. The summed E-state index contributed by atoms with van der Waals surface area (Å²) in [5, 5.41) is 0. The second kappa shape index (κ2) is 8.05. The standard InChI is InChI=1S/C17H27NO2/c1-13(2)10-18(11-14(3)4)12-15-6-8-16(9-7-15)17(19)20-5/h6-9,13-14H,10-12H2,1-5H3. The topological polar surface area (TPSA) is 29.5 Å². The van der Waals surface area contributed by atoms with Crippen molar-refractivity contribution < 1.29 is 9.53 Å². The van der Waals surface area contributed by atoms with Crippen LogP contribution in [-0.4, -0.2) is 31.1 Å². The first-order valence-corrected chi connectivity index (χ1v) is 7.32. The molecule has 0 atom stereocenters. The summed E-state index contributed by atoms with van der Waals surface area (Å²) in [7, 11) is 1.41. The van der Waals surface area contributed by atoms with Crippen LogP contribution in [0.2, 0.25) is 0 Å². The summed E-state index contributed by atoms with van der Waals surface area (Å²) in [5.41, 5.74) is 1.84. The molecule has 0 saturated carbocycles. The molecule has 3 nitrogen and oxygen atoms in total. The van der Waals surface area contributed by atoms with Crippen LogP contribution in [0.25, 0.3) is 0 Å². The zero-order chi connectivity index (χ0) is 15.1. The van der Waals surface area contributed by atoms with E-state index in [9.17, 15) is 4.79 Å². The third kappa shape index (κ3) is 5.74. The molecule has 1 rings (SSSR count). The lowest BCUT2D eigenvalue weighted by atomic mass is 10.1. The van der Waals surface area contributed by atoms with Gasteiger partial charge in [0.2, 0.25) is 0 Å². The highest BCUT2D eigenvalue weighted by Gasteiger charge is 2.11. The Kier molecular flexibility index (Phi) is 6.73. The van der Waals surface area contributed by atoms with Gasteiger partial charge in [-0.1, -0.05) is 39.8 Å². The molecule has 1 aromatic rings. The van der Waals surface area contributed by atoms with Gasteiger partial charge >= 0.3 is 5.97 Å². The average Bonchev–Trinajstić information content (AvgIpc) is 2.37. The van der Waals surface area contributed by atoms with Crippen LogP contribution in [0.1, 0.15) is 43.6 Å². The number of hydrogen-bond acceptors (Lipinski definition) is 3. The molecule has 0 amide bonds. The smallest absolute Gasteiger partial charge is 0.337 e. The lowest BCUT2D eigenvalue weighted by molar-refractivity contribution is 0.0600. The predicted octanol–water partition coefficient (Wildman–Crippen LogP) is 3.59. The first-order chi connectivity index (χ1) is 9.42. The molecule has 0 N–H and O–H groups in total. The Bertz CT molecular complexity index is 400. The maximum atomic E-state index is 11.4. The molecule has 0 bridgehead atoms. The third-order valence-electron chi connectivity index (χ3n) is 3.03. The second-order valence-electron chi connectivity index (χ2n) is 6.17. The van der Waals surface area contributed by atoms with Crippen molar-refractivity contribution in [1.29, 1.82) is 0 Å². The summed E-state index contributed by atoms with van der Waals surface area (Å²) in [4.78, 5) is 13.9. The van der Waals surface area contributed by atoms with Crippen LogP contribution >= 0.6 is 0 Å². The number of carbonyl (C=O) groups excluding carboxylic acids is 1. The van der Waals surface area contributed by atoms with Crippen molar-refractivity contribution in [2.45, 2.75) is 34.2 Å². The average molecular weight is 277 g/mol. The molecule has 0 aliphatic carbocycles. The summed E-state index contributed by atoms with van der Waals surface area (Å²) in [6, 6.07) is 7.70. The van der Waals surface area contributed by atoms with Crippen LogP contribution in [0, 0.1) is 11.8 Å². The molecule has 0 fully saturated rings. The van der Waals surface area contributed by atoms with E-state index in [4.69, 9.17) is 4.74 Å². The lowest BCUT2D eigenvalue weighted by Crippen LogP contribution is -2.30. The minimum atomic E-state index is -0.280. The van der Waals surface area contributed by atoms with Gasteiger partial charge in [-0.3, -0.25) is 4.90 Å². The van der Waals surface area contributed by atoms with Crippen molar-refractivity contribution in [3.05, 3.63) is 35.4 Å². The van der Waals surface area contributed by atoms with Gasteiger partial charge in [0, 0.05) is 19.6 Å². The van der Waals surface area contributed by atoms with E-state index in [0.29, 0.717) is 17.4 Å². The van der Waals surface area contributed by atoms with Gasteiger partial charge in [0.1, 0.15) is 0 Å². The molecule has 0 heterocycles. The Labute approximate surface area is 122 Å². The number of nitrogens with zero attached hydrogens (tertiary/aromatic N) is 1. The fraction of sp³-hybridized carbons (Fsp3) is 0.588. The van der Waals surface area contributed by atoms with Crippen molar-refractivity contribution in [3.8, 4) is 0 Å². The number of carbonyl (C=O) groups is 1. The lowest BCUT2D eigenvalue weighted by Gasteiger charge is -2.26. The number of rotatable bonds is 7. The minimum Gasteiger partial charge on any atom is -0.465 e. The van der Waals surface area contributed by atoms with Crippen molar-refractivity contribution >= 4 is 5.97 Å². The van der Waals surface area contributed by atoms with Gasteiger partial charge in [-0.15, -0.1) is 0 Å². The van der Waals surface area contributed by atoms with Crippen LogP contribution in [0.3, 0.4) is 0 Å². The van der Waals surface area contributed by atoms with Gasteiger partial charge in [-0.2, -0.15) is 0 Å². The summed E-state index contributed by atoms with van der Waals surface area (Å²) < 4.78 is 4.71. The normalized spacial score (nSPS) is 11.4. The zero-order valence-electron chi connectivity index (χ0n) is 13.3. The number of hydrogen-bond donors (Lipinski definition) is 0. The predicted molar refractivity (Wildman–Crippen MR) is 82.7 cm³/mol. The van der Waals surface area contributed by atoms with Gasteiger partial charge in [0.15, 0.2) is 0 Å². The molecule has 0 radical (unpaired) electrons. The summed E-state index contributed by atoms with van der Waals surface area (Å²) in [6.45, 7) is 12.1. The van der Waals surface area contributed by atoms with E-state index < -0.39 is 0 Å². The first-order valence-electron chi connectivity index (χ1n) is 7.32. The first kappa shape index (κ1) is 16.7. The van der Waals surface area contributed by atoms with E-state index in [1.807, 2.05) is 24.3 Å². The van der Waals surface area contributed by atoms with Crippen LogP contribution < -0.4 is 0 Å². The highest BCUT2D eigenvalue weighted by molar-refractivity contribution is 5.89. The van der Waals surface area contributed by atoms with Crippen molar-refractivity contribution in [3.63, 3.8) is 0 Å². The van der Waals surface area contributed by atoms with E-state index >= 15 is 0 Å². The summed E-state index contributed by atoms with van der Waals surface area (Å²) in [5.74, 6) is 1.03. The van der Waals surface area contributed by atoms with E-state index in [-0.39, 0.29) is 5.97 Å². The largest absolute Gasteiger partial charge is 0.465 e. The van der Waals surface area contributed by atoms with Crippen molar-refractivity contribution in [2.24, 2.45) is 11.8 Å². The molecule has 20 heavy (non-hydrogen) atoms. The Morgan fingerprint density at radius 3 is 1.95 bits per heavy atom. The molecule has 0 aliphatic heterocycles. The Hall–Kier alpha value is -1.35. The van der Waals surface area contributed by atoms with E-state index in [1.165, 1.54) is 12.7 Å². The quantitative estimate of drug-likeness (QED) is 0.713. The van der Waals surface area contributed by atoms with Gasteiger partial charge in [-0.25, -0.2) is 4.79 Å². The highest BCUT2D eigenvalue weighted by Crippen LogP contribution is 2.12. The molecule has 3 heteroatoms. The molecular weight excluding hydrogens is 250 g/mol. The third-order valence-corrected chi connectivity index (χ3v) is 3.03. The SMILES string of the molecule is COC(=O)c1ccc(CN(CC(C)C)CC(C)C)cc1. The minimum absolute atomic E-state index is 0.280. The van der Waals surface area contributed by atoms with Crippen LogP contribution in [-0.2, 0) is 11.3 Å². The summed E-state index contributed by atoms with van der Waals surface area (Å²) in [6.07, 6.45) is 0. The van der Waals surface area contributed by atoms with Gasteiger partial charge in [0.25, 0.3) is 0 Å². The number of esters is 1. The molecule has 0 saturated heterocycles. The van der Waals surface area contributed by atoms with Gasteiger partial charge in [-0.05, 0) is 29.5 Å². The Balaban J connectivity index is 2.70. The maximum absolute atomic E-state index is 11.4. The zero-order valence-corrected chi connectivity index (χ0v) is 13.3. The number of ether oxygens (including phenoxy) is 1. The molecular formula is C17H27NO2. The molecule has 0 aliphatic rings. The van der Waals surface area contributed by atoms with E-state index in [1.54, 1.807) is 0 Å². The fourth-order valence-electron chi connectivity index (χ4n) is 2.36. The van der Waals surface area contributed by atoms with Crippen LogP contribution in [0.5, 0.6) is 0 Å².